The minimum Gasteiger partial charge on any atom is -0.493 e. The van der Waals surface area contributed by atoms with E-state index in [0.717, 1.165) is 33.1 Å². The first-order chi connectivity index (χ1) is 43.5. The molecule has 0 aliphatic carbocycles. The third kappa shape index (κ3) is 11.7. The van der Waals surface area contributed by atoms with E-state index in [9.17, 15) is 24.5 Å². The fourth-order valence-corrected chi connectivity index (χ4v) is 10.8. The number of ether oxygens (including phenoxy) is 4. The molecule has 7 aromatic carbocycles. The summed E-state index contributed by atoms with van der Waals surface area (Å²) in [7, 11) is 1.26. The van der Waals surface area contributed by atoms with Crippen LogP contribution < -0.4 is 30.2 Å². The molecule has 19 nitrogen and oxygen atoms in total. The molecule has 19 heteroatoms. The minimum atomic E-state index is -0.717. The van der Waals surface area contributed by atoms with E-state index in [1.165, 1.54) is 31.4 Å². The highest BCUT2D eigenvalue weighted by molar-refractivity contribution is 6.16. The lowest BCUT2D eigenvalue weighted by Gasteiger charge is -2.17. The lowest BCUT2D eigenvalue weighted by Crippen LogP contribution is -2.18. The molecule has 0 unspecified atom stereocenters. The van der Waals surface area contributed by atoms with Crippen molar-refractivity contribution in [2.24, 2.45) is 17.8 Å². The van der Waals surface area contributed by atoms with Gasteiger partial charge in [0.1, 0.15) is 34.3 Å². The average Bonchev–Trinajstić information content (AvgIpc) is 1.47. The van der Waals surface area contributed by atoms with E-state index in [1.54, 1.807) is 66.7 Å². The van der Waals surface area contributed by atoms with Gasteiger partial charge in [0.25, 0.3) is 23.4 Å². The highest BCUT2D eigenvalue weighted by Gasteiger charge is 2.25. The summed E-state index contributed by atoms with van der Waals surface area (Å²) < 4.78 is 25.9. The average molecular weight is 1200 g/mol. The number of non-ortho nitro benzene ring substituents is 1. The van der Waals surface area contributed by atoms with Crippen molar-refractivity contribution >= 4 is 112 Å². The molecule has 0 saturated heterocycles. The van der Waals surface area contributed by atoms with E-state index in [1.807, 2.05) is 96.1 Å². The van der Waals surface area contributed by atoms with Gasteiger partial charge in [-0.25, -0.2) is 24.7 Å². The van der Waals surface area contributed by atoms with Crippen LogP contribution in [0.25, 0.3) is 82.2 Å². The number of nitrogens with one attached hydrogen (secondary N) is 3. The van der Waals surface area contributed by atoms with Gasteiger partial charge in [-0.3, -0.25) is 24.5 Å². The third-order valence-corrected chi connectivity index (χ3v) is 15.0. The Morgan fingerprint density at radius 1 is 0.456 bits per heavy atom. The number of hydrogen-bond donors (Lipinski definition) is 3. The van der Waals surface area contributed by atoms with Crippen molar-refractivity contribution in [1.29, 1.82) is 0 Å². The van der Waals surface area contributed by atoms with Gasteiger partial charge in [0, 0.05) is 62.3 Å². The number of nitro groups is 1. The molecule has 3 N–H and O–H groups in total. The highest BCUT2D eigenvalue weighted by Crippen LogP contribution is 2.39. The van der Waals surface area contributed by atoms with Crippen LogP contribution in [0.15, 0.2) is 170 Å². The molecule has 0 atom stereocenters. The summed E-state index contributed by atoms with van der Waals surface area (Å²) in [6.07, 6.45) is 0. The number of nitro benzene ring substituents is 1. The third-order valence-electron chi connectivity index (χ3n) is 15.0. The summed E-state index contributed by atoms with van der Waals surface area (Å²) in [6, 6.07) is 50.7. The molecule has 0 fully saturated rings. The van der Waals surface area contributed by atoms with Gasteiger partial charge in [-0.1, -0.05) is 120 Å². The second-order valence-corrected chi connectivity index (χ2v) is 23.0. The molecule has 0 spiro atoms. The van der Waals surface area contributed by atoms with Crippen molar-refractivity contribution in [2.45, 2.75) is 41.5 Å². The maximum Gasteiger partial charge on any atom is 0.356 e. The zero-order chi connectivity index (χ0) is 62.9. The largest absolute Gasteiger partial charge is 0.493 e. The van der Waals surface area contributed by atoms with Crippen LogP contribution in [0, 0.1) is 27.9 Å². The summed E-state index contributed by atoms with van der Waals surface area (Å²) in [5.41, 5.74) is 5.09. The van der Waals surface area contributed by atoms with Crippen molar-refractivity contribution in [1.82, 2.24) is 24.5 Å². The maximum absolute atomic E-state index is 15.2. The van der Waals surface area contributed by atoms with Gasteiger partial charge in [0.05, 0.1) is 76.5 Å². The predicted molar refractivity (Wildman–Crippen MR) is 350 cm³/mol. The molecule has 0 saturated carbocycles. The van der Waals surface area contributed by atoms with Crippen molar-refractivity contribution in [3.05, 3.63) is 203 Å². The molecule has 0 radical (unpaired) electrons. The van der Waals surface area contributed by atoms with E-state index in [0.29, 0.717) is 45.2 Å². The van der Waals surface area contributed by atoms with Gasteiger partial charge in [-0.2, -0.15) is 0 Å². The van der Waals surface area contributed by atoms with E-state index < -0.39 is 28.6 Å². The molecule has 12 rings (SSSR count). The first-order valence-corrected chi connectivity index (χ1v) is 29.4. The molecule has 3 amide bonds. The van der Waals surface area contributed by atoms with Gasteiger partial charge in [0.15, 0.2) is 11.2 Å². The number of fused-ring (bicyclic) bond motifs is 7. The lowest BCUT2D eigenvalue weighted by atomic mass is 9.98. The van der Waals surface area contributed by atoms with Crippen molar-refractivity contribution < 1.29 is 43.0 Å². The Labute approximate surface area is 516 Å². The number of methoxy groups -OCH3 is 1. The topological polar surface area (TPSA) is 241 Å². The van der Waals surface area contributed by atoms with Crippen LogP contribution in [0.2, 0.25) is 0 Å². The van der Waals surface area contributed by atoms with Crippen LogP contribution >= 0.6 is 0 Å². The minimum absolute atomic E-state index is 0.0173. The Morgan fingerprint density at radius 3 is 1.29 bits per heavy atom. The van der Waals surface area contributed by atoms with Crippen LogP contribution in [-0.4, -0.2) is 80.0 Å². The fourth-order valence-electron chi connectivity index (χ4n) is 10.8. The zero-order valence-corrected chi connectivity index (χ0v) is 50.3. The Kier molecular flexibility index (Phi) is 16.3. The molecular formula is C71H61N9O10. The number of aromatic nitrogens is 5. The first kappa shape index (κ1) is 59.0. The standard InChI is InChI=1S/C71H61N9O10/c1-39(2)36-88-61-33-55(69(82)78-53-24-14-20-48-63(90-38-41(5)6)35-57(71(84)87-7)75-66(48)53)73-65-47(61)19-13-23-52(65)77-68(81)54-32-50(42-28-30-43(31-29-42)79-58-25-10-8-16-44(58)45-17-9-11-26-59(45)79)46-18-12-22-51(64(46)72-54)76-70(83)56-34-62(89-37-40(3)4)49-21-15-27-60(80(85)86)67(49)74-56/h8-35,39-41H,36-38H2,1-7H3,(H,76,83)(H,77,81)(H,78,82). The van der Waals surface area contributed by atoms with Gasteiger partial charge in [-0.05, 0) is 95.6 Å². The van der Waals surface area contributed by atoms with Crippen LogP contribution in [0.1, 0.15) is 83.5 Å². The smallest absolute Gasteiger partial charge is 0.356 e. The summed E-state index contributed by atoms with van der Waals surface area (Å²) >= 11 is 0. The van der Waals surface area contributed by atoms with Crippen molar-refractivity contribution in [3.8, 4) is 34.1 Å². The van der Waals surface area contributed by atoms with Crippen molar-refractivity contribution in [3.63, 3.8) is 0 Å². The number of pyridine rings is 4. The van der Waals surface area contributed by atoms with Gasteiger partial charge < -0.3 is 39.5 Å². The lowest BCUT2D eigenvalue weighted by molar-refractivity contribution is -0.383. The van der Waals surface area contributed by atoms with Gasteiger partial charge in [-0.15, -0.1) is 0 Å². The summed E-state index contributed by atoms with van der Waals surface area (Å²) in [6.45, 7) is 12.8. The second kappa shape index (κ2) is 24.8. The Bertz CT molecular complexity index is 4820. The van der Waals surface area contributed by atoms with Crippen LogP contribution in [0.4, 0.5) is 22.7 Å². The maximum atomic E-state index is 15.2. The van der Waals surface area contributed by atoms with E-state index in [2.05, 4.69) is 54.8 Å². The number of nitrogens with zero attached hydrogens (tertiary/aromatic N) is 6. The molecule has 0 aliphatic heterocycles. The number of benzene rings is 7. The first-order valence-electron chi connectivity index (χ1n) is 29.4. The SMILES string of the molecule is COC(=O)c1cc(OCC(C)C)c2cccc(NC(=O)c3cc(OCC(C)C)c4cccc(NC(=O)c5cc(-c6ccc(-n7c8ccccc8c8ccccc87)cc6)c6cccc(NC(=O)c7cc(OCC(C)C)c8cccc([N+](=O)[O-])c8n7)c6n5)c4n3)c2n1. The number of anilines is 3. The molecule has 5 heterocycles. The van der Waals surface area contributed by atoms with Crippen LogP contribution in [0.3, 0.4) is 0 Å². The van der Waals surface area contributed by atoms with E-state index in [4.69, 9.17) is 28.9 Å². The molecule has 0 aliphatic rings. The molecule has 90 heavy (non-hydrogen) atoms. The van der Waals surface area contributed by atoms with E-state index in [-0.39, 0.29) is 104 Å². The quantitative estimate of drug-likeness (QED) is 0.0388. The van der Waals surface area contributed by atoms with Gasteiger partial charge >= 0.3 is 5.97 Å². The number of hydrogen-bond acceptors (Lipinski definition) is 14. The number of carbonyl (C=O) groups excluding carboxylic acids is 4. The Morgan fingerprint density at radius 2 is 0.833 bits per heavy atom. The number of esters is 1. The van der Waals surface area contributed by atoms with Crippen LogP contribution in [-0.2, 0) is 4.74 Å². The molecule has 450 valence electrons. The highest BCUT2D eigenvalue weighted by atomic mass is 16.6. The second-order valence-electron chi connectivity index (χ2n) is 23.0. The normalized spacial score (nSPS) is 11.5. The van der Waals surface area contributed by atoms with Gasteiger partial charge in [0.2, 0.25) is 0 Å². The van der Waals surface area contributed by atoms with E-state index >= 15 is 4.79 Å². The van der Waals surface area contributed by atoms with Crippen molar-refractivity contribution in [2.75, 3.05) is 42.9 Å². The number of para-hydroxylation sites is 6. The fraction of sp³-hybridized carbons (Fsp3) is 0.183. The molecule has 12 aromatic rings. The van der Waals surface area contributed by atoms with Crippen LogP contribution in [0.5, 0.6) is 17.2 Å². The Balaban J connectivity index is 0.955. The predicted octanol–water partition coefficient (Wildman–Crippen LogP) is 15.2. The summed E-state index contributed by atoms with van der Waals surface area (Å²) in [5.74, 6) is -1.41. The molecular weight excluding hydrogens is 1140 g/mol. The monoisotopic (exact) mass is 1200 g/mol. The molecule has 5 aromatic heterocycles. The number of carbonyl (C=O) groups is 4. The zero-order valence-electron chi connectivity index (χ0n) is 50.3. The number of rotatable bonds is 19. The Hall–Kier alpha value is -11.3. The number of amides is 3. The molecule has 0 bridgehead atoms. The summed E-state index contributed by atoms with van der Waals surface area (Å²) in [4.78, 5) is 88.1. The summed E-state index contributed by atoms with van der Waals surface area (Å²) in [5, 5.41) is 25.5.